The third-order valence-electron chi connectivity index (χ3n) is 17.6. The van der Waals surface area contributed by atoms with Crippen molar-refractivity contribution in [3.8, 4) is 0 Å². The van der Waals surface area contributed by atoms with E-state index in [9.17, 15) is 50.5 Å². The van der Waals surface area contributed by atoms with Crippen LogP contribution in [0.5, 0.6) is 0 Å². The first kappa shape index (κ1) is 98.2. The summed E-state index contributed by atoms with van der Waals surface area (Å²) in [6, 6.07) is 0. The number of thioether (sulfide) groups is 1. The topological polar surface area (TPSA) is 325 Å². The highest BCUT2D eigenvalue weighted by atomic mass is 32.2. The van der Waals surface area contributed by atoms with E-state index in [2.05, 4.69) is 6.92 Å². The van der Waals surface area contributed by atoms with E-state index in [1.807, 2.05) is 11.8 Å². The van der Waals surface area contributed by atoms with Crippen LogP contribution in [0.1, 0.15) is 96.8 Å². The van der Waals surface area contributed by atoms with Crippen LogP contribution in [-0.2, 0) is 144 Å². The molecule has 11 aliphatic rings. The first-order valence-corrected chi connectivity index (χ1v) is 49.2. The number of methoxy groups -OCH3 is 11. The lowest BCUT2D eigenvalue weighted by atomic mass is 9.90. The highest BCUT2D eigenvalue weighted by molar-refractivity contribution is 8.00. The Balaban J connectivity index is 0.000000552. The van der Waals surface area contributed by atoms with Gasteiger partial charge in [0.15, 0.2) is 29.5 Å². The maximum atomic E-state index is 11.3. The lowest BCUT2D eigenvalue weighted by Crippen LogP contribution is -2.43. The van der Waals surface area contributed by atoms with Gasteiger partial charge < -0.3 is 61.6 Å². The van der Waals surface area contributed by atoms with Gasteiger partial charge in [0.25, 0.3) is 0 Å². The third kappa shape index (κ3) is 47.9. The minimum absolute atomic E-state index is 0.235. The van der Waals surface area contributed by atoms with Crippen molar-refractivity contribution in [3.05, 3.63) is 0 Å². The first-order chi connectivity index (χ1) is 47.5. The van der Waals surface area contributed by atoms with Gasteiger partial charge in [-0.25, -0.2) is 33.7 Å². The number of sulfone groups is 4. The highest BCUT2D eigenvalue weighted by Crippen LogP contribution is 2.27. The second-order valence-corrected chi connectivity index (χ2v) is 44.1. The van der Waals surface area contributed by atoms with Crippen molar-refractivity contribution in [2.24, 2.45) is 40.9 Å². The van der Waals surface area contributed by atoms with E-state index >= 15 is 0 Å². The van der Waals surface area contributed by atoms with Gasteiger partial charge >= 0.3 is 0 Å². The minimum atomic E-state index is -2.81. The van der Waals surface area contributed by atoms with E-state index in [4.69, 9.17) is 61.6 Å². The van der Waals surface area contributed by atoms with Crippen molar-refractivity contribution in [1.82, 2.24) is 0 Å². The van der Waals surface area contributed by atoms with E-state index < -0.39 is 82.5 Å². The summed E-state index contributed by atoms with van der Waals surface area (Å²) in [6.07, 6.45) is 14.8. The fourth-order valence-corrected chi connectivity index (χ4v) is 24.4. The molecule has 25 nitrogen and oxygen atoms in total. The van der Waals surface area contributed by atoms with Crippen LogP contribution in [0.25, 0.3) is 0 Å². The molecule has 11 fully saturated rings. The largest absolute Gasteiger partial charge is 0.384 e. The van der Waals surface area contributed by atoms with Gasteiger partial charge in [-0.15, -0.1) is 0 Å². The molecule has 11 aliphatic heterocycles. The van der Waals surface area contributed by atoms with Crippen molar-refractivity contribution >= 4 is 94.3 Å². The molecule has 6 unspecified atom stereocenters. The first-order valence-electron chi connectivity index (χ1n) is 35.0. The van der Waals surface area contributed by atoms with Gasteiger partial charge in [0.1, 0.15) is 15.9 Å². The molecule has 0 N–H and O–H groups in total. The van der Waals surface area contributed by atoms with Crippen molar-refractivity contribution < 1.29 is 112 Å². The zero-order chi connectivity index (χ0) is 74.9. The Hall–Kier alpha value is 0.230. The number of rotatable bonds is 20. The SMILES string of the molecule is COC1COC1.COC1CSC1.COCC1(C)COC1.COCC1CCCCS1(=O)=O.COCC1CCCCS1=O.COCC1CCCS(=O)(=O)C1.COCC1CCCS(=O)C1.COCC1CCS(=O)(=O)CC1.COCC1CCS(=O)CC1.COCC1CS(=O)(=O)C1.COCC1CS(=O)C1. The van der Waals surface area contributed by atoms with Crippen LogP contribution in [0.3, 0.4) is 0 Å². The molecule has 600 valence electrons. The average Bonchev–Trinajstić information content (AvgIpc) is 0.834. The molecule has 0 bridgehead atoms. The minimum Gasteiger partial charge on any atom is -0.384 e. The molecular formula is C66H132O25S9. The van der Waals surface area contributed by atoms with E-state index in [-0.39, 0.29) is 17.1 Å². The summed E-state index contributed by atoms with van der Waals surface area (Å²) in [5.74, 6) is 13.7. The second kappa shape index (κ2) is 57.3. The molecule has 0 aromatic carbocycles. The van der Waals surface area contributed by atoms with E-state index in [1.54, 1.807) is 78.2 Å². The zero-order valence-corrected chi connectivity index (χ0v) is 69.9. The zero-order valence-electron chi connectivity index (χ0n) is 62.6. The monoisotopic (exact) mass is 1610 g/mol. The quantitative estimate of drug-likeness (QED) is 0.152. The van der Waals surface area contributed by atoms with Crippen LogP contribution in [-0.4, -0.2) is 329 Å². The summed E-state index contributed by atoms with van der Waals surface area (Å²) < 4.78 is 195. The molecular weight excluding hydrogens is 1480 g/mol. The molecule has 34 heteroatoms. The Morgan fingerprint density at radius 2 is 0.880 bits per heavy atom. The van der Waals surface area contributed by atoms with Crippen LogP contribution in [0, 0.1) is 40.9 Å². The maximum Gasteiger partial charge on any atom is 0.155 e. The molecule has 0 amide bonds. The summed E-state index contributed by atoms with van der Waals surface area (Å²) in [4.78, 5) is 0. The molecule has 0 radical (unpaired) electrons. The molecule has 0 spiro atoms. The predicted octanol–water partition coefficient (Wildman–Crippen LogP) is 5.17. The van der Waals surface area contributed by atoms with Crippen LogP contribution < -0.4 is 0 Å². The molecule has 11 heterocycles. The van der Waals surface area contributed by atoms with E-state index in [0.717, 1.165) is 170 Å². The number of ether oxygens (including phenoxy) is 13. The Morgan fingerprint density at radius 3 is 1.28 bits per heavy atom. The smallest absolute Gasteiger partial charge is 0.155 e. The van der Waals surface area contributed by atoms with Crippen LogP contribution in [0.2, 0.25) is 0 Å². The fraction of sp³-hybridized carbons (Fsp3) is 1.00. The Bertz CT molecular complexity index is 2560. The average molecular weight is 1610 g/mol. The van der Waals surface area contributed by atoms with Gasteiger partial charge in [-0.3, -0.25) is 16.8 Å². The van der Waals surface area contributed by atoms with Gasteiger partial charge in [0, 0.05) is 217 Å². The molecule has 100 heavy (non-hydrogen) atoms. The van der Waals surface area contributed by atoms with Gasteiger partial charge in [-0.2, -0.15) is 11.8 Å². The summed E-state index contributed by atoms with van der Waals surface area (Å²) >= 11 is 1.94. The van der Waals surface area contributed by atoms with Crippen LogP contribution in [0.15, 0.2) is 0 Å². The van der Waals surface area contributed by atoms with Crippen molar-refractivity contribution in [2.45, 2.75) is 120 Å². The standard InChI is InChI=1S/3C7H14O3S.3C7H14O2S.C6H12O2.C5H10O3S.C5H10O2S.C4H8O2.C4H8OS/c1-10-6-7-2-4-11(8,9)5-3-7;1-10-5-7-3-2-4-11(8,9)6-7;1-10-6-7-4-2-3-5-11(7,8)9;1-9-6-7-2-4-10(8)5-3-7;1-9-5-7-3-2-4-10(8)6-7;1-9-6-7-4-2-3-5-10(7)8;1-6(3-7-2)4-8-5-6;1-8-2-5-3-9(6,7)4-5;1-7-2-5-3-8(6)4-5;2*1-5-4-2-6-3-4/h3*7H,2-6H2,1H3;3*7H,2-6H2,1H3;3-5H2,1-2H3;5H,2-4H2,1H3;5H,2-4H2,1H3;2*4H,2-3H2,1H3. The van der Waals surface area contributed by atoms with E-state index in [1.165, 1.54) is 24.3 Å². The van der Waals surface area contributed by atoms with Gasteiger partial charge in [-0.05, 0) is 101 Å². The lowest BCUT2D eigenvalue weighted by Gasteiger charge is -2.37. The Kier molecular flexibility index (Phi) is 56.3. The second-order valence-electron chi connectivity index (χ2n) is 27.3. The molecule has 11 saturated heterocycles. The van der Waals surface area contributed by atoms with Crippen LogP contribution in [0.4, 0.5) is 0 Å². The van der Waals surface area contributed by atoms with Crippen LogP contribution >= 0.6 is 11.8 Å². The van der Waals surface area contributed by atoms with E-state index in [0.29, 0.717) is 120 Å². The van der Waals surface area contributed by atoms with Gasteiger partial charge in [0.2, 0.25) is 0 Å². The predicted molar refractivity (Wildman–Crippen MR) is 405 cm³/mol. The summed E-state index contributed by atoms with van der Waals surface area (Å²) in [6.45, 7) is 11.6. The van der Waals surface area contributed by atoms with Gasteiger partial charge in [0.05, 0.1) is 116 Å². The summed E-state index contributed by atoms with van der Waals surface area (Å²) in [5.41, 5.74) is 0.328. The highest BCUT2D eigenvalue weighted by Gasteiger charge is 2.34. The molecule has 0 saturated carbocycles. The molecule has 11 rings (SSSR count). The molecule has 0 aliphatic carbocycles. The molecule has 0 aromatic heterocycles. The molecule has 6 atom stereocenters. The normalized spacial score (nSPS) is 29.6. The fourth-order valence-electron chi connectivity index (χ4n) is 11.4. The summed E-state index contributed by atoms with van der Waals surface area (Å²) in [5, 5.41) is 0.0833. The molecule has 0 aromatic rings. The maximum absolute atomic E-state index is 11.3. The Labute approximate surface area is 618 Å². The van der Waals surface area contributed by atoms with Crippen molar-refractivity contribution in [1.29, 1.82) is 0 Å². The lowest BCUT2D eigenvalue weighted by molar-refractivity contribution is -0.131. The van der Waals surface area contributed by atoms with Crippen molar-refractivity contribution in [3.63, 3.8) is 0 Å². The third-order valence-corrected chi connectivity index (χ3v) is 33.1. The van der Waals surface area contributed by atoms with Crippen molar-refractivity contribution in [2.75, 3.05) is 256 Å². The van der Waals surface area contributed by atoms with Gasteiger partial charge in [-0.1, -0.05) is 19.8 Å². The number of hydrogen-bond acceptors (Lipinski definition) is 26. The Morgan fingerprint density at radius 1 is 0.390 bits per heavy atom. The number of hydrogen-bond donors (Lipinski definition) is 0. The summed E-state index contributed by atoms with van der Waals surface area (Å²) in [7, 11) is 5.34.